The minimum Gasteiger partial charge on any atom is -0.478 e. The Kier molecular flexibility index (Phi) is 7.93. The quantitative estimate of drug-likeness (QED) is 0.469. The van der Waals surface area contributed by atoms with Crippen LogP contribution in [0.25, 0.3) is 22.8 Å². The lowest BCUT2D eigenvalue weighted by atomic mass is 10.1. The van der Waals surface area contributed by atoms with Crippen molar-refractivity contribution >= 4 is 11.6 Å². The van der Waals surface area contributed by atoms with E-state index in [1.165, 1.54) is 20.0 Å². The lowest BCUT2D eigenvalue weighted by Gasteiger charge is -2.09. The number of ether oxygens (including phenoxy) is 2. The lowest BCUT2D eigenvalue weighted by molar-refractivity contribution is 0.294. The maximum absolute atomic E-state index is 6.37. The third-order valence-corrected chi connectivity index (χ3v) is 4.88. The van der Waals surface area contributed by atoms with Crippen LogP contribution in [-0.2, 0) is 6.54 Å². The Morgan fingerprint density at radius 1 is 1.00 bits per heavy atom. The number of benzene rings is 1. The molecule has 0 unspecified atom stereocenters. The molecule has 3 rings (SSSR count). The van der Waals surface area contributed by atoms with Crippen LogP contribution in [0.15, 0.2) is 36.5 Å². The first-order valence-corrected chi connectivity index (χ1v) is 10.4. The molecule has 2 N–H and O–H groups in total. The van der Waals surface area contributed by atoms with Gasteiger partial charge in [-0.15, -0.1) is 0 Å². The average molecular weight is 428 g/mol. The number of aromatic nitrogens is 4. The highest BCUT2D eigenvalue weighted by Crippen LogP contribution is 2.29. The van der Waals surface area contributed by atoms with Crippen LogP contribution in [0, 0.1) is 0 Å². The van der Waals surface area contributed by atoms with Crippen molar-refractivity contribution in [3.05, 3.63) is 47.1 Å². The number of hydrogen-bond donors (Lipinski definition) is 1. The fraction of sp³-hybridized carbons (Fsp3) is 0.364. The molecule has 0 aliphatic heterocycles. The molecule has 0 fully saturated rings. The highest BCUT2D eigenvalue weighted by atomic mass is 35.5. The maximum atomic E-state index is 6.37. The van der Waals surface area contributed by atoms with Crippen LogP contribution in [-0.4, -0.2) is 33.7 Å². The molecular weight excluding hydrogens is 402 g/mol. The van der Waals surface area contributed by atoms with Crippen molar-refractivity contribution in [1.82, 2.24) is 19.9 Å². The molecule has 158 valence electrons. The summed E-state index contributed by atoms with van der Waals surface area (Å²) in [5, 5.41) is 0.524. The number of nitrogens with zero attached hydrogens (tertiary/aromatic N) is 4. The predicted octanol–water partition coefficient (Wildman–Crippen LogP) is 4.68. The van der Waals surface area contributed by atoms with Crippen LogP contribution >= 0.6 is 11.6 Å². The number of methoxy groups -OCH3 is 1. The van der Waals surface area contributed by atoms with E-state index in [0.717, 1.165) is 24.0 Å². The van der Waals surface area contributed by atoms with Crippen molar-refractivity contribution in [1.29, 1.82) is 0 Å². The summed E-state index contributed by atoms with van der Waals surface area (Å²) in [6.07, 6.45) is 6.28. The van der Waals surface area contributed by atoms with E-state index in [1.54, 1.807) is 12.3 Å². The molecule has 0 saturated carbocycles. The van der Waals surface area contributed by atoms with E-state index in [9.17, 15) is 0 Å². The van der Waals surface area contributed by atoms with Crippen LogP contribution in [0.5, 0.6) is 11.9 Å². The van der Waals surface area contributed by atoms with Gasteiger partial charge in [0.2, 0.25) is 5.88 Å². The summed E-state index contributed by atoms with van der Waals surface area (Å²) in [4.78, 5) is 17.6. The van der Waals surface area contributed by atoms with Gasteiger partial charge in [-0.05, 0) is 30.2 Å². The van der Waals surface area contributed by atoms with Crippen LogP contribution in [0.3, 0.4) is 0 Å². The van der Waals surface area contributed by atoms with Gasteiger partial charge in [-0.1, -0.05) is 43.9 Å². The van der Waals surface area contributed by atoms with E-state index in [2.05, 4.69) is 26.9 Å². The molecule has 0 bridgehead atoms. The van der Waals surface area contributed by atoms with Gasteiger partial charge in [0.15, 0.2) is 11.6 Å². The summed E-state index contributed by atoms with van der Waals surface area (Å²) in [6, 6.07) is 9.40. The smallest absolute Gasteiger partial charge is 0.320 e. The molecule has 0 aliphatic carbocycles. The Hall–Kier alpha value is -2.77. The Morgan fingerprint density at radius 3 is 2.53 bits per heavy atom. The fourth-order valence-electron chi connectivity index (χ4n) is 2.87. The second kappa shape index (κ2) is 10.8. The number of unbranched alkanes of at least 4 members (excludes halogenated alkanes) is 3. The topological polar surface area (TPSA) is 96.0 Å². The maximum Gasteiger partial charge on any atom is 0.320 e. The average Bonchev–Trinajstić information content (AvgIpc) is 2.79. The highest BCUT2D eigenvalue weighted by Gasteiger charge is 2.14. The Bertz CT molecular complexity index is 966. The monoisotopic (exact) mass is 427 g/mol. The fourth-order valence-corrected chi connectivity index (χ4v) is 3.07. The standard InChI is InChI=1S/C22H26ClN5O2/c1-3-4-5-6-11-30-19-10-8-16(14-25-19)20-26-21(28-22(27-20)29-2)17-12-15(13-24)7-9-18(17)23/h7-10,12,14H,3-6,11,13,24H2,1-2H3. The number of rotatable bonds is 10. The summed E-state index contributed by atoms with van der Waals surface area (Å²) >= 11 is 6.37. The first-order chi connectivity index (χ1) is 14.6. The van der Waals surface area contributed by atoms with Crippen molar-refractivity contribution in [2.75, 3.05) is 13.7 Å². The Labute approximate surface area is 181 Å². The molecule has 2 aromatic heterocycles. The SMILES string of the molecule is CCCCCCOc1ccc(-c2nc(OC)nc(-c3cc(CN)ccc3Cl)n2)cn1. The minimum atomic E-state index is 0.195. The molecule has 0 amide bonds. The lowest BCUT2D eigenvalue weighted by Crippen LogP contribution is -2.03. The molecule has 0 aliphatic rings. The summed E-state index contributed by atoms with van der Waals surface area (Å²) in [7, 11) is 1.51. The molecule has 0 radical (unpaired) electrons. The second-order valence-electron chi connectivity index (χ2n) is 6.78. The zero-order valence-corrected chi connectivity index (χ0v) is 18.0. The molecule has 3 aromatic rings. The molecule has 2 heterocycles. The van der Waals surface area contributed by atoms with Crippen molar-refractivity contribution in [2.45, 2.75) is 39.2 Å². The van der Waals surface area contributed by atoms with Gasteiger partial charge in [0.1, 0.15) is 0 Å². The Morgan fingerprint density at radius 2 is 1.83 bits per heavy atom. The molecule has 7 nitrogen and oxygen atoms in total. The molecule has 30 heavy (non-hydrogen) atoms. The third-order valence-electron chi connectivity index (χ3n) is 4.55. The van der Waals surface area contributed by atoms with Gasteiger partial charge in [0.05, 0.1) is 18.7 Å². The minimum absolute atomic E-state index is 0.195. The van der Waals surface area contributed by atoms with E-state index < -0.39 is 0 Å². The third kappa shape index (κ3) is 5.64. The molecule has 0 atom stereocenters. The number of hydrogen-bond acceptors (Lipinski definition) is 7. The summed E-state index contributed by atoms with van der Waals surface area (Å²) < 4.78 is 11.0. The molecule has 0 spiro atoms. The first-order valence-electron chi connectivity index (χ1n) is 10.0. The van der Waals surface area contributed by atoms with E-state index in [-0.39, 0.29) is 6.01 Å². The number of nitrogens with two attached hydrogens (primary N) is 1. The van der Waals surface area contributed by atoms with Crippen LogP contribution in [0.4, 0.5) is 0 Å². The summed E-state index contributed by atoms with van der Waals surface area (Å²) in [6.45, 7) is 3.24. The number of pyridine rings is 1. The van der Waals surface area contributed by atoms with E-state index in [4.69, 9.17) is 26.8 Å². The Balaban J connectivity index is 1.83. The van der Waals surface area contributed by atoms with Crippen molar-refractivity contribution in [3.8, 4) is 34.7 Å². The van der Waals surface area contributed by atoms with Crippen LogP contribution in [0.2, 0.25) is 5.02 Å². The van der Waals surface area contributed by atoms with Gasteiger partial charge in [-0.2, -0.15) is 9.97 Å². The zero-order valence-electron chi connectivity index (χ0n) is 17.3. The summed E-state index contributed by atoms with van der Waals surface area (Å²) in [5.74, 6) is 1.43. The van der Waals surface area contributed by atoms with Gasteiger partial charge in [-0.25, -0.2) is 9.97 Å². The van der Waals surface area contributed by atoms with E-state index >= 15 is 0 Å². The number of halogens is 1. The molecule has 8 heteroatoms. The van der Waals surface area contributed by atoms with Crippen LogP contribution < -0.4 is 15.2 Å². The highest BCUT2D eigenvalue weighted by molar-refractivity contribution is 6.33. The molecular formula is C22H26ClN5O2. The van der Waals surface area contributed by atoms with Gasteiger partial charge in [0.25, 0.3) is 0 Å². The zero-order chi connectivity index (χ0) is 21.3. The van der Waals surface area contributed by atoms with E-state index in [1.807, 2.05) is 24.3 Å². The van der Waals surface area contributed by atoms with Gasteiger partial charge >= 0.3 is 6.01 Å². The normalized spacial score (nSPS) is 10.8. The molecule has 1 aromatic carbocycles. The molecule has 0 saturated heterocycles. The van der Waals surface area contributed by atoms with Crippen molar-refractivity contribution < 1.29 is 9.47 Å². The van der Waals surface area contributed by atoms with Crippen molar-refractivity contribution in [2.24, 2.45) is 5.73 Å². The second-order valence-corrected chi connectivity index (χ2v) is 7.19. The first kappa shape index (κ1) is 21.9. The van der Waals surface area contributed by atoms with Gasteiger partial charge in [0, 0.05) is 29.9 Å². The van der Waals surface area contributed by atoms with Crippen LogP contribution in [0.1, 0.15) is 38.2 Å². The van der Waals surface area contributed by atoms with E-state index in [0.29, 0.717) is 41.3 Å². The van der Waals surface area contributed by atoms with Crippen molar-refractivity contribution in [3.63, 3.8) is 0 Å². The van der Waals surface area contributed by atoms with Gasteiger partial charge in [-0.3, -0.25) is 0 Å². The van der Waals surface area contributed by atoms with Gasteiger partial charge < -0.3 is 15.2 Å². The summed E-state index contributed by atoms with van der Waals surface area (Å²) in [5.41, 5.74) is 8.08. The predicted molar refractivity (Wildman–Crippen MR) is 118 cm³/mol. The largest absolute Gasteiger partial charge is 0.478 e.